The van der Waals surface area contributed by atoms with Gasteiger partial charge >= 0.3 is 6.18 Å². The van der Waals surface area contributed by atoms with Crippen molar-refractivity contribution in [2.45, 2.75) is 26.1 Å². The van der Waals surface area contributed by atoms with E-state index < -0.39 is 11.7 Å². The van der Waals surface area contributed by atoms with Crippen LogP contribution in [-0.4, -0.2) is 11.5 Å². The van der Waals surface area contributed by atoms with Gasteiger partial charge in [-0.25, -0.2) is 4.98 Å². The Morgan fingerprint density at radius 1 is 1.30 bits per heavy atom. The monoisotopic (exact) mass is 284 g/mol. The predicted octanol–water partition coefficient (Wildman–Crippen LogP) is 3.86. The van der Waals surface area contributed by atoms with Gasteiger partial charge in [0.15, 0.2) is 12.2 Å². The summed E-state index contributed by atoms with van der Waals surface area (Å²) in [5.41, 5.74) is 0.294. The number of alkyl halides is 3. The molecule has 2 rings (SSSR count). The van der Waals surface area contributed by atoms with Crippen LogP contribution >= 0.6 is 0 Å². The molecule has 0 aliphatic carbocycles. The van der Waals surface area contributed by atoms with Gasteiger partial charge in [0.25, 0.3) is 0 Å². The van der Waals surface area contributed by atoms with Crippen LogP contribution in [0.4, 0.5) is 13.2 Å². The largest absolute Gasteiger partial charge is 0.443 e. The van der Waals surface area contributed by atoms with E-state index in [2.05, 4.69) is 10.3 Å². The van der Waals surface area contributed by atoms with E-state index in [4.69, 9.17) is 4.42 Å². The van der Waals surface area contributed by atoms with Crippen LogP contribution in [0.1, 0.15) is 24.6 Å². The first-order valence-corrected chi connectivity index (χ1v) is 6.33. The Bertz CT molecular complexity index is 564. The van der Waals surface area contributed by atoms with Gasteiger partial charge in [0, 0.05) is 12.1 Å². The van der Waals surface area contributed by atoms with E-state index in [9.17, 15) is 13.2 Å². The van der Waals surface area contributed by atoms with Crippen molar-refractivity contribution in [2.24, 2.45) is 0 Å². The van der Waals surface area contributed by atoms with Crippen LogP contribution in [0.5, 0.6) is 0 Å². The standard InChI is InChI=1S/C14H15F3N2O/c1-2-6-18-8-12-13(20-9-19-12)10-4-3-5-11(7-10)14(15,16)17/h3-5,7,9,18H,2,6,8H2,1H3. The van der Waals surface area contributed by atoms with Crippen LogP contribution < -0.4 is 5.32 Å². The van der Waals surface area contributed by atoms with Crippen LogP contribution in [0.3, 0.4) is 0 Å². The van der Waals surface area contributed by atoms with Crippen LogP contribution in [0.25, 0.3) is 11.3 Å². The molecule has 20 heavy (non-hydrogen) atoms. The summed E-state index contributed by atoms with van der Waals surface area (Å²) < 4.78 is 43.3. The summed E-state index contributed by atoms with van der Waals surface area (Å²) in [5.74, 6) is 0.375. The van der Waals surface area contributed by atoms with Crippen molar-refractivity contribution in [1.29, 1.82) is 0 Å². The molecule has 0 radical (unpaired) electrons. The topological polar surface area (TPSA) is 38.1 Å². The highest BCUT2D eigenvalue weighted by Crippen LogP contribution is 2.32. The molecule has 6 heteroatoms. The maximum Gasteiger partial charge on any atom is 0.416 e. The maximum atomic E-state index is 12.7. The maximum absolute atomic E-state index is 12.7. The van der Waals surface area contributed by atoms with Crippen molar-refractivity contribution in [2.75, 3.05) is 6.54 Å². The summed E-state index contributed by atoms with van der Waals surface area (Å²) in [6.07, 6.45) is -2.15. The summed E-state index contributed by atoms with van der Waals surface area (Å²) >= 11 is 0. The summed E-state index contributed by atoms with van der Waals surface area (Å²) in [6, 6.07) is 5.06. The number of nitrogens with zero attached hydrogens (tertiary/aromatic N) is 1. The van der Waals surface area contributed by atoms with Crippen LogP contribution in [-0.2, 0) is 12.7 Å². The molecule has 1 aromatic heterocycles. The quantitative estimate of drug-likeness (QED) is 0.847. The van der Waals surface area contributed by atoms with Gasteiger partial charge < -0.3 is 9.73 Å². The second-order valence-electron chi connectivity index (χ2n) is 4.38. The first-order valence-electron chi connectivity index (χ1n) is 6.33. The van der Waals surface area contributed by atoms with Crippen molar-refractivity contribution in [1.82, 2.24) is 10.3 Å². The Morgan fingerprint density at radius 2 is 2.10 bits per heavy atom. The molecule has 0 aliphatic rings. The van der Waals surface area contributed by atoms with E-state index in [1.54, 1.807) is 6.07 Å². The zero-order valence-electron chi connectivity index (χ0n) is 11.0. The van der Waals surface area contributed by atoms with E-state index in [0.717, 1.165) is 25.1 Å². The molecule has 0 unspecified atom stereocenters. The fourth-order valence-electron chi connectivity index (χ4n) is 1.85. The van der Waals surface area contributed by atoms with Crippen molar-refractivity contribution in [3.63, 3.8) is 0 Å². The normalized spacial score (nSPS) is 11.8. The highest BCUT2D eigenvalue weighted by atomic mass is 19.4. The number of oxazole rings is 1. The van der Waals surface area contributed by atoms with Gasteiger partial charge in [-0.3, -0.25) is 0 Å². The number of hydrogen-bond donors (Lipinski definition) is 1. The van der Waals surface area contributed by atoms with E-state index >= 15 is 0 Å². The van der Waals surface area contributed by atoms with Crippen molar-refractivity contribution < 1.29 is 17.6 Å². The van der Waals surface area contributed by atoms with Crippen molar-refractivity contribution >= 4 is 0 Å². The summed E-state index contributed by atoms with van der Waals surface area (Å²) in [6.45, 7) is 3.31. The Morgan fingerprint density at radius 3 is 2.80 bits per heavy atom. The lowest BCUT2D eigenvalue weighted by Crippen LogP contribution is -2.14. The van der Waals surface area contributed by atoms with Crippen molar-refractivity contribution in [3.05, 3.63) is 41.9 Å². The number of rotatable bonds is 5. The van der Waals surface area contributed by atoms with Crippen molar-refractivity contribution in [3.8, 4) is 11.3 Å². The Labute approximate surface area is 114 Å². The third-order valence-electron chi connectivity index (χ3n) is 2.81. The fourth-order valence-corrected chi connectivity index (χ4v) is 1.85. The van der Waals surface area contributed by atoms with Crippen LogP contribution in [0.2, 0.25) is 0 Å². The van der Waals surface area contributed by atoms with Gasteiger partial charge in [-0.2, -0.15) is 13.2 Å². The predicted molar refractivity (Wildman–Crippen MR) is 68.9 cm³/mol. The molecule has 0 bridgehead atoms. The molecule has 1 N–H and O–H groups in total. The fraction of sp³-hybridized carbons (Fsp3) is 0.357. The van der Waals surface area contributed by atoms with Gasteiger partial charge in [0.1, 0.15) is 5.69 Å². The van der Waals surface area contributed by atoms with Crippen LogP contribution in [0.15, 0.2) is 35.1 Å². The number of nitrogens with one attached hydrogen (secondary N) is 1. The average molecular weight is 284 g/mol. The molecule has 1 aromatic carbocycles. The number of benzene rings is 1. The second-order valence-corrected chi connectivity index (χ2v) is 4.38. The van der Waals surface area contributed by atoms with E-state index in [0.29, 0.717) is 23.6 Å². The third-order valence-corrected chi connectivity index (χ3v) is 2.81. The lowest BCUT2D eigenvalue weighted by atomic mass is 10.1. The smallest absolute Gasteiger partial charge is 0.416 e. The zero-order chi connectivity index (χ0) is 14.6. The zero-order valence-corrected chi connectivity index (χ0v) is 11.0. The van der Waals surface area contributed by atoms with E-state index in [-0.39, 0.29) is 0 Å². The molecule has 0 spiro atoms. The molecule has 0 amide bonds. The lowest BCUT2D eigenvalue weighted by Gasteiger charge is -2.08. The Balaban J connectivity index is 2.26. The Hall–Kier alpha value is -1.82. The van der Waals surface area contributed by atoms with E-state index in [1.165, 1.54) is 12.5 Å². The van der Waals surface area contributed by atoms with Crippen LogP contribution in [0, 0.1) is 0 Å². The van der Waals surface area contributed by atoms with Gasteiger partial charge in [0.2, 0.25) is 0 Å². The molecule has 0 atom stereocenters. The molecule has 0 saturated heterocycles. The first-order chi connectivity index (χ1) is 9.52. The lowest BCUT2D eigenvalue weighted by molar-refractivity contribution is -0.137. The highest BCUT2D eigenvalue weighted by molar-refractivity contribution is 5.60. The number of hydrogen-bond acceptors (Lipinski definition) is 3. The summed E-state index contributed by atoms with van der Waals surface area (Å²) in [5, 5.41) is 3.15. The summed E-state index contributed by atoms with van der Waals surface area (Å²) in [7, 11) is 0. The first kappa shape index (κ1) is 14.6. The Kier molecular flexibility index (Phi) is 4.44. The third kappa shape index (κ3) is 3.39. The highest BCUT2D eigenvalue weighted by Gasteiger charge is 2.30. The number of aromatic nitrogens is 1. The number of halogens is 3. The molecule has 1 heterocycles. The molecule has 0 fully saturated rings. The van der Waals surface area contributed by atoms with Gasteiger partial charge in [-0.1, -0.05) is 19.1 Å². The van der Waals surface area contributed by atoms with Gasteiger partial charge in [0.05, 0.1) is 5.56 Å². The molecule has 0 aliphatic heterocycles. The molecule has 0 saturated carbocycles. The molecule has 2 aromatic rings. The minimum absolute atomic E-state index is 0.375. The molecular weight excluding hydrogens is 269 g/mol. The molecular formula is C14H15F3N2O. The SMILES string of the molecule is CCCNCc1ncoc1-c1cccc(C(F)(F)F)c1. The molecule has 3 nitrogen and oxygen atoms in total. The summed E-state index contributed by atoms with van der Waals surface area (Å²) in [4.78, 5) is 4.05. The van der Waals surface area contributed by atoms with Gasteiger partial charge in [-0.05, 0) is 25.1 Å². The molecule has 108 valence electrons. The minimum atomic E-state index is -4.36. The van der Waals surface area contributed by atoms with Gasteiger partial charge in [-0.15, -0.1) is 0 Å². The minimum Gasteiger partial charge on any atom is -0.443 e. The second kappa shape index (κ2) is 6.09. The van der Waals surface area contributed by atoms with E-state index in [1.807, 2.05) is 6.92 Å². The average Bonchev–Trinajstić information content (AvgIpc) is 2.87.